The predicted molar refractivity (Wildman–Crippen MR) is 116 cm³/mol. The smallest absolute Gasteiger partial charge is 0.326 e. The molecule has 3 rings (SSSR count). The SMILES string of the molecule is CCc1ccccc1NC(=O)CN1CCN(C(=O)CCCN2C(=O)CN(C)C2=O)CC1. The van der Waals surface area contributed by atoms with E-state index in [4.69, 9.17) is 0 Å². The highest BCUT2D eigenvalue weighted by molar-refractivity contribution is 6.01. The topological polar surface area (TPSA) is 93.3 Å². The number of carbonyl (C=O) groups is 4. The van der Waals surface area contributed by atoms with Gasteiger partial charge in [-0.25, -0.2) is 4.79 Å². The van der Waals surface area contributed by atoms with Crippen molar-refractivity contribution < 1.29 is 19.2 Å². The molecule has 0 radical (unpaired) electrons. The molecule has 0 aliphatic carbocycles. The summed E-state index contributed by atoms with van der Waals surface area (Å²) >= 11 is 0. The summed E-state index contributed by atoms with van der Waals surface area (Å²) in [4.78, 5) is 54.9. The lowest BCUT2D eigenvalue weighted by Gasteiger charge is -2.34. The number of urea groups is 1. The number of rotatable bonds is 8. The Morgan fingerprint density at radius 2 is 1.77 bits per heavy atom. The Morgan fingerprint density at radius 3 is 2.42 bits per heavy atom. The molecule has 2 fully saturated rings. The zero-order valence-corrected chi connectivity index (χ0v) is 18.3. The van der Waals surface area contributed by atoms with Crippen LogP contribution in [-0.2, 0) is 20.8 Å². The van der Waals surface area contributed by atoms with Gasteiger partial charge in [-0.05, 0) is 24.5 Å². The predicted octanol–water partition coefficient (Wildman–Crippen LogP) is 1.01. The van der Waals surface area contributed by atoms with Gasteiger partial charge in [0.05, 0.1) is 6.54 Å². The second-order valence-corrected chi connectivity index (χ2v) is 8.00. The molecular weight excluding hydrogens is 398 g/mol. The van der Waals surface area contributed by atoms with Crippen LogP contribution in [0, 0.1) is 0 Å². The van der Waals surface area contributed by atoms with Crippen molar-refractivity contribution in [1.82, 2.24) is 19.6 Å². The van der Waals surface area contributed by atoms with Gasteiger partial charge in [0, 0.05) is 51.9 Å². The molecule has 1 aromatic carbocycles. The van der Waals surface area contributed by atoms with Crippen LogP contribution < -0.4 is 5.32 Å². The van der Waals surface area contributed by atoms with Crippen LogP contribution in [0.1, 0.15) is 25.3 Å². The van der Waals surface area contributed by atoms with Crippen molar-refractivity contribution in [3.63, 3.8) is 0 Å². The number of piperazine rings is 1. The molecule has 2 heterocycles. The number of amides is 5. The standard InChI is InChI=1S/C22H31N5O4/c1-3-17-7-4-5-8-18(17)23-19(28)15-25-11-13-26(14-12-25)20(29)9-6-10-27-21(30)16-24(2)22(27)31/h4-5,7-8H,3,6,9-16H2,1-2H3,(H,23,28). The van der Waals surface area contributed by atoms with Crippen LogP contribution in [0.4, 0.5) is 10.5 Å². The van der Waals surface area contributed by atoms with Crippen LogP contribution in [-0.4, -0.2) is 96.2 Å². The van der Waals surface area contributed by atoms with E-state index in [1.807, 2.05) is 29.2 Å². The first kappa shape index (κ1) is 22.7. The van der Waals surface area contributed by atoms with Gasteiger partial charge in [0.15, 0.2) is 0 Å². The number of anilines is 1. The van der Waals surface area contributed by atoms with E-state index in [0.29, 0.717) is 45.6 Å². The number of hydrogen-bond donors (Lipinski definition) is 1. The molecule has 9 nitrogen and oxygen atoms in total. The Kier molecular flexibility index (Phi) is 7.62. The molecule has 2 aliphatic heterocycles. The average molecular weight is 430 g/mol. The summed E-state index contributed by atoms with van der Waals surface area (Å²) in [6.07, 6.45) is 1.62. The minimum Gasteiger partial charge on any atom is -0.340 e. The Balaban J connectivity index is 1.37. The first-order valence-electron chi connectivity index (χ1n) is 10.8. The Bertz CT molecular complexity index is 835. The number of carbonyl (C=O) groups excluding carboxylic acids is 4. The molecule has 1 aromatic rings. The molecule has 0 bridgehead atoms. The maximum Gasteiger partial charge on any atom is 0.326 e. The molecule has 168 valence electrons. The third-order valence-corrected chi connectivity index (χ3v) is 5.77. The third kappa shape index (κ3) is 5.81. The van der Waals surface area contributed by atoms with Gasteiger partial charge in [-0.15, -0.1) is 0 Å². The van der Waals surface area contributed by atoms with Crippen molar-refractivity contribution in [2.75, 3.05) is 58.2 Å². The largest absolute Gasteiger partial charge is 0.340 e. The second kappa shape index (κ2) is 10.4. The van der Waals surface area contributed by atoms with Crippen LogP contribution in [0.15, 0.2) is 24.3 Å². The molecule has 2 saturated heterocycles. The van der Waals surface area contributed by atoms with Gasteiger partial charge in [-0.3, -0.25) is 24.2 Å². The van der Waals surface area contributed by atoms with E-state index < -0.39 is 0 Å². The maximum absolute atomic E-state index is 12.5. The third-order valence-electron chi connectivity index (χ3n) is 5.77. The zero-order chi connectivity index (χ0) is 22.4. The second-order valence-electron chi connectivity index (χ2n) is 8.00. The monoisotopic (exact) mass is 429 g/mol. The Morgan fingerprint density at radius 1 is 1.06 bits per heavy atom. The first-order valence-corrected chi connectivity index (χ1v) is 10.8. The summed E-state index contributed by atoms with van der Waals surface area (Å²) < 4.78 is 0. The first-order chi connectivity index (χ1) is 14.9. The molecule has 9 heteroatoms. The van der Waals surface area contributed by atoms with E-state index in [1.165, 1.54) is 9.80 Å². The van der Waals surface area contributed by atoms with Gasteiger partial charge in [-0.2, -0.15) is 0 Å². The molecule has 0 unspecified atom stereocenters. The molecule has 2 aliphatic rings. The van der Waals surface area contributed by atoms with Gasteiger partial charge < -0.3 is 15.1 Å². The van der Waals surface area contributed by atoms with E-state index in [2.05, 4.69) is 12.2 Å². The quantitative estimate of drug-likeness (QED) is 0.623. The van der Waals surface area contributed by atoms with Crippen molar-refractivity contribution >= 4 is 29.4 Å². The fourth-order valence-electron chi connectivity index (χ4n) is 3.93. The number of nitrogens with zero attached hydrogens (tertiary/aromatic N) is 4. The molecule has 0 saturated carbocycles. The molecule has 0 aromatic heterocycles. The van der Waals surface area contributed by atoms with Crippen molar-refractivity contribution in [1.29, 1.82) is 0 Å². The lowest BCUT2D eigenvalue weighted by atomic mass is 10.1. The fourth-order valence-corrected chi connectivity index (χ4v) is 3.93. The van der Waals surface area contributed by atoms with Crippen molar-refractivity contribution in [3.8, 4) is 0 Å². The lowest BCUT2D eigenvalue weighted by molar-refractivity contribution is -0.133. The summed E-state index contributed by atoms with van der Waals surface area (Å²) in [6.45, 7) is 5.15. The lowest BCUT2D eigenvalue weighted by Crippen LogP contribution is -2.50. The highest BCUT2D eigenvalue weighted by Gasteiger charge is 2.33. The van der Waals surface area contributed by atoms with Crippen LogP contribution >= 0.6 is 0 Å². The van der Waals surface area contributed by atoms with E-state index in [1.54, 1.807) is 11.9 Å². The van der Waals surface area contributed by atoms with E-state index >= 15 is 0 Å². The van der Waals surface area contributed by atoms with Crippen LogP contribution in [0.25, 0.3) is 0 Å². The number of likely N-dealkylation sites (N-methyl/N-ethyl adjacent to an activating group) is 1. The minimum atomic E-state index is -0.300. The summed E-state index contributed by atoms with van der Waals surface area (Å²) in [7, 11) is 1.59. The van der Waals surface area contributed by atoms with Crippen molar-refractivity contribution in [2.24, 2.45) is 0 Å². The molecular formula is C22H31N5O4. The summed E-state index contributed by atoms with van der Waals surface area (Å²) in [5, 5.41) is 2.98. The summed E-state index contributed by atoms with van der Waals surface area (Å²) in [5.74, 6) is -0.243. The number of benzene rings is 1. The highest BCUT2D eigenvalue weighted by atomic mass is 16.2. The summed E-state index contributed by atoms with van der Waals surface area (Å²) in [5.41, 5.74) is 1.96. The Labute approximate surface area is 182 Å². The summed E-state index contributed by atoms with van der Waals surface area (Å²) in [6, 6.07) is 7.49. The van der Waals surface area contributed by atoms with E-state index in [9.17, 15) is 19.2 Å². The molecule has 0 atom stereocenters. The number of imide groups is 1. The maximum atomic E-state index is 12.5. The highest BCUT2D eigenvalue weighted by Crippen LogP contribution is 2.16. The number of nitrogens with one attached hydrogen (secondary N) is 1. The number of hydrogen-bond acceptors (Lipinski definition) is 5. The molecule has 1 N–H and O–H groups in total. The molecule has 0 spiro atoms. The Hall–Kier alpha value is -2.94. The molecule has 31 heavy (non-hydrogen) atoms. The van der Waals surface area contributed by atoms with Gasteiger partial charge in [0.25, 0.3) is 0 Å². The van der Waals surface area contributed by atoms with Gasteiger partial charge in [0.1, 0.15) is 6.54 Å². The van der Waals surface area contributed by atoms with Gasteiger partial charge >= 0.3 is 6.03 Å². The number of aryl methyl sites for hydroxylation is 1. The normalized spacial score (nSPS) is 17.4. The van der Waals surface area contributed by atoms with Gasteiger partial charge in [-0.1, -0.05) is 25.1 Å². The van der Waals surface area contributed by atoms with Crippen molar-refractivity contribution in [2.45, 2.75) is 26.2 Å². The minimum absolute atomic E-state index is 0.0217. The van der Waals surface area contributed by atoms with Crippen LogP contribution in [0.2, 0.25) is 0 Å². The van der Waals surface area contributed by atoms with E-state index in [0.717, 1.165) is 17.7 Å². The fraction of sp³-hybridized carbons (Fsp3) is 0.545. The van der Waals surface area contributed by atoms with Crippen LogP contribution in [0.5, 0.6) is 0 Å². The zero-order valence-electron chi connectivity index (χ0n) is 18.3. The average Bonchev–Trinajstić information content (AvgIpc) is 3.00. The van der Waals surface area contributed by atoms with Crippen molar-refractivity contribution in [3.05, 3.63) is 29.8 Å². The molecule has 5 amide bonds. The number of para-hydroxylation sites is 1. The van der Waals surface area contributed by atoms with Crippen LogP contribution in [0.3, 0.4) is 0 Å². The van der Waals surface area contributed by atoms with E-state index in [-0.39, 0.29) is 36.8 Å². The van der Waals surface area contributed by atoms with Gasteiger partial charge in [0.2, 0.25) is 17.7 Å².